The third-order valence-corrected chi connectivity index (χ3v) is 7.54. The van der Waals surface area contributed by atoms with Gasteiger partial charge in [0.05, 0.1) is 5.88 Å². The van der Waals surface area contributed by atoms with E-state index in [1.165, 1.54) is 37.1 Å². The van der Waals surface area contributed by atoms with Gasteiger partial charge >= 0.3 is 0 Å². The van der Waals surface area contributed by atoms with Gasteiger partial charge in [-0.1, -0.05) is 80.1 Å². The summed E-state index contributed by atoms with van der Waals surface area (Å²) in [6, 6.07) is 28.6. The van der Waals surface area contributed by atoms with Gasteiger partial charge < -0.3 is 40.3 Å². The predicted octanol–water partition coefficient (Wildman–Crippen LogP) is 8.35. The molecule has 0 spiro atoms. The maximum atomic E-state index is 11.0. The molecule has 0 aliphatic heterocycles. The smallest absolute Gasteiger partial charge is 0.177 e. The van der Waals surface area contributed by atoms with Crippen LogP contribution < -0.4 is 5.73 Å². The van der Waals surface area contributed by atoms with Crippen molar-refractivity contribution in [2.24, 2.45) is 5.73 Å². The number of hydrogen-bond acceptors (Lipinski definition) is 8. The number of aromatic nitrogens is 1. The first-order valence-corrected chi connectivity index (χ1v) is 17.4. The zero-order valence-electron chi connectivity index (χ0n) is 29.2. The average molecular weight is 717 g/mol. The number of ketones is 1. The molecule has 272 valence electrons. The Kier molecular flexibility index (Phi) is 19.9. The van der Waals surface area contributed by atoms with E-state index in [9.17, 15) is 19.8 Å². The fourth-order valence-corrected chi connectivity index (χ4v) is 4.74. The van der Waals surface area contributed by atoms with Gasteiger partial charge in [0.25, 0.3) is 0 Å². The molecule has 1 heterocycles. The van der Waals surface area contributed by atoms with Crippen LogP contribution in [-0.4, -0.2) is 62.7 Å². The average Bonchev–Trinajstić information content (AvgIpc) is 3.58. The number of benzene rings is 4. The highest BCUT2D eigenvalue weighted by atomic mass is 35.5. The van der Waals surface area contributed by atoms with Crippen molar-refractivity contribution in [3.8, 4) is 45.3 Å². The Hall–Kier alpha value is -5.09. The van der Waals surface area contributed by atoms with E-state index in [-0.39, 0.29) is 34.7 Å². The van der Waals surface area contributed by atoms with E-state index in [1.54, 1.807) is 6.07 Å². The minimum atomic E-state index is -0.314. The molecule has 0 saturated heterocycles. The molecular weight excluding hydrogens is 668 g/mol. The van der Waals surface area contributed by atoms with Gasteiger partial charge in [-0.3, -0.25) is 4.79 Å². The zero-order chi connectivity index (χ0) is 37.4. The predicted molar refractivity (Wildman–Crippen MR) is 205 cm³/mol. The fraction of sp³-hybridized carbons (Fsp3) is 0.268. The summed E-state index contributed by atoms with van der Waals surface area (Å²) in [5, 5.41) is 37.3. The van der Waals surface area contributed by atoms with E-state index in [0.29, 0.717) is 12.0 Å². The van der Waals surface area contributed by atoms with Crippen molar-refractivity contribution >= 4 is 23.7 Å². The summed E-state index contributed by atoms with van der Waals surface area (Å²) >= 11 is 5.28. The molecule has 0 unspecified atom stereocenters. The summed E-state index contributed by atoms with van der Waals surface area (Å²) in [6.07, 6.45) is 8.98. The number of hydrogen-bond donors (Lipinski definition) is 5. The van der Waals surface area contributed by atoms with Crippen LogP contribution in [0.25, 0.3) is 22.3 Å². The van der Waals surface area contributed by atoms with E-state index in [2.05, 4.69) is 36.0 Å². The van der Waals surface area contributed by atoms with Gasteiger partial charge in [-0.25, -0.2) is 0 Å². The van der Waals surface area contributed by atoms with E-state index < -0.39 is 0 Å². The number of halogens is 1. The van der Waals surface area contributed by atoms with Crippen LogP contribution in [0.1, 0.15) is 49.0 Å². The zero-order valence-corrected chi connectivity index (χ0v) is 30.0. The number of nitrogens with zero attached hydrogens (tertiary/aromatic N) is 1. The molecule has 0 atom stereocenters. The van der Waals surface area contributed by atoms with Crippen molar-refractivity contribution in [3.63, 3.8) is 0 Å². The number of carbonyl (C=O) groups excluding carboxylic acids is 2. The Morgan fingerprint density at radius 2 is 1.35 bits per heavy atom. The highest BCUT2D eigenvalue weighted by Crippen LogP contribution is 2.37. The van der Waals surface area contributed by atoms with Crippen LogP contribution in [0.2, 0.25) is 0 Å². The van der Waals surface area contributed by atoms with Gasteiger partial charge in [0.15, 0.2) is 28.8 Å². The molecule has 51 heavy (non-hydrogen) atoms. The maximum Gasteiger partial charge on any atom is 0.177 e. The van der Waals surface area contributed by atoms with Crippen LogP contribution in [0.5, 0.6) is 23.0 Å². The quantitative estimate of drug-likeness (QED) is 0.0268. The third kappa shape index (κ3) is 15.1. The van der Waals surface area contributed by atoms with Crippen molar-refractivity contribution in [1.29, 1.82) is 0 Å². The molecule has 0 radical (unpaired) electrons. The molecule has 0 aliphatic rings. The van der Waals surface area contributed by atoms with Gasteiger partial charge in [-0.15, -0.1) is 11.6 Å². The van der Waals surface area contributed by atoms with Crippen LogP contribution in [0.15, 0.2) is 109 Å². The highest BCUT2D eigenvalue weighted by Gasteiger charge is 2.13. The van der Waals surface area contributed by atoms with Gasteiger partial charge in [0.2, 0.25) is 0 Å². The SMILES string of the molecule is CCCCN.CCOCCCn1cc(-c2ccccc2)c(-c2ccc(O)c(O)c2)c1.O=C(CCl)c1ccc(O)c(O)c1.O=CCc1ccccc1. The van der Waals surface area contributed by atoms with Gasteiger partial charge in [0.1, 0.15) is 6.29 Å². The number of alkyl halides is 1. The first-order valence-electron chi connectivity index (χ1n) is 16.8. The summed E-state index contributed by atoms with van der Waals surface area (Å²) in [5.74, 6) is -1.20. The van der Waals surface area contributed by atoms with E-state index in [1.807, 2.05) is 61.5 Å². The molecule has 4 aromatic carbocycles. The minimum absolute atomic E-state index is 0.110. The molecular formula is C41H49ClN2O7. The lowest BCUT2D eigenvalue weighted by Gasteiger charge is -2.06. The summed E-state index contributed by atoms with van der Waals surface area (Å²) in [5.41, 5.74) is 10.6. The second-order valence-corrected chi connectivity index (χ2v) is 11.5. The van der Waals surface area contributed by atoms with Crippen LogP contribution in [-0.2, 0) is 22.5 Å². The fourth-order valence-electron chi connectivity index (χ4n) is 4.59. The topological polar surface area (TPSA) is 155 Å². The molecule has 9 nitrogen and oxygen atoms in total. The Balaban J connectivity index is 0.000000286. The number of Topliss-reactive ketones (excluding diaryl/α,β-unsaturated/α-hetero) is 1. The number of aryl methyl sites for hydroxylation is 1. The van der Waals surface area contributed by atoms with Crippen LogP contribution in [0, 0.1) is 0 Å². The number of carbonyl (C=O) groups is 2. The Morgan fingerprint density at radius 3 is 1.86 bits per heavy atom. The standard InChI is InChI=1S/C21H23NO3.C8H7ClO3.C8H8O.C4H11N/c1-2-25-12-6-11-22-14-18(16-7-4-3-5-8-16)19(15-22)17-9-10-20(23)21(24)13-17;9-4-8(12)5-1-2-6(10)7(11)3-5;9-7-6-8-4-2-1-3-5-8;1-2-3-4-5/h3-5,7-10,13-15,23-24H,2,6,11-12H2,1H3;1-3,10-11H,4H2;1-5,7H,6H2;2-5H2,1H3. The van der Waals surface area contributed by atoms with Crippen molar-refractivity contribution in [2.75, 3.05) is 25.6 Å². The lowest BCUT2D eigenvalue weighted by atomic mass is 9.99. The molecule has 0 fully saturated rings. The summed E-state index contributed by atoms with van der Waals surface area (Å²) in [6.45, 7) is 7.31. The number of phenols is 4. The second kappa shape index (κ2) is 24.1. The van der Waals surface area contributed by atoms with E-state index >= 15 is 0 Å². The Labute approximate surface area is 305 Å². The molecule has 0 amide bonds. The second-order valence-electron chi connectivity index (χ2n) is 11.2. The summed E-state index contributed by atoms with van der Waals surface area (Å²) in [7, 11) is 0. The number of aromatic hydroxyl groups is 4. The molecule has 0 saturated carbocycles. The molecule has 1 aromatic heterocycles. The number of unbranched alkanes of at least 4 members (excludes halogenated alkanes) is 1. The van der Waals surface area contributed by atoms with Crippen LogP contribution in [0.3, 0.4) is 0 Å². The minimum Gasteiger partial charge on any atom is -0.504 e. The number of aldehydes is 1. The first-order chi connectivity index (χ1) is 24.7. The van der Waals surface area contributed by atoms with E-state index in [0.717, 1.165) is 66.8 Å². The maximum absolute atomic E-state index is 11.0. The molecule has 5 aromatic rings. The van der Waals surface area contributed by atoms with Gasteiger partial charge in [-0.05, 0) is 73.3 Å². The molecule has 0 bridgehead atoms. The van der Waals surface area contributed by atoms with Crippen molar-refractivity contribution in [2.45, 2.75) is 46.1 Å². The summed E-state index contributed by atoms with van der Waals surface area (Å²) < 4.78 is 7.57. The Bertz CT molecular complexity index is 1730. The van der Waals surface area contributed by atoms with Crippen LogP contribution >= 0.6 is 11.6 Å². The normalized spacial score (nSPS) is 10.0. The van der Waals surface area contributed by atoms with Gasteiger partial charge in [0, 0.05) is 55.3 Å². The number of phenolic OH excluding ortho intramolecular Hbond substituents is 4. The molecule has 5 rings (SSSR count). The first kappa shape index (κ1) is 42.1. The van der Waals surface area contributed by atoms with Crippen molar-refractivity contribution in [1.82, 2.24) is 4.57 Å². The molecule has 10 heteroatoms. The van der Waals surface area contributed by atoms with Crippen molar-refractivity contribution in [3.05, 3.63) is 121 Å². The monoisotopic (exact) mass is 716 g/mol. The lowest BCUT2D eigenvalue weighted by Crippen LogP contribution is -2.00. The molecule has 6 N–H and O–H groups in total. The number of ether oxygens (including phenoxy) is 1. The van der Waals surface area contributed by atoms with Crippen molar-refractivity contribution < 1.29 is 34.8 Å². The van der Waals surface area contributed by atoms with Gasteiger partial charge in [-0.2, -0.15) is 0 Å². The summed E-state index contributed by atoms with van der Waals surface area (Å²) in [4.78, 5) is 20.9. The van der Waals surface area contributed by atoms with E-state index in [4.69, 9.17) is 32.3 Å². The third-order valence-electron chi connectivity index (χ3n) is 7.30. The Morgan fingerprint density at radius 1 is 0.765 bits per heavy atom. The lowest BCUT2D eigenvalue weighted by molar-refractivity contribution is -0.107. The van der Waals surface area contributed by atoms with Crippen LogP contribution in [0.4, 0.5) is 0 Å². The number of rotatable bonds is 13. The highest BCUT2D eigenvalue weighted by molar-refractivity contribution is 6.30. The number of nitrogens with two attached hydrogens (primary N) is 1. The molecule has 0 aliphatic carbocycles. The largest absolute Gasteiger partial charge is 0.504 e.